The third-order valence-corrected chi connectivity index (χ3v) is 8.03. The summed E-state index contributed by atoms with van der Waals surface area (Å²) in [5.41, 5.74) is 0.277. The number of nitrogens with zero attached hydrogens (tertiary/aromatic N) is 3. The van der Waals surface area contributed by atoms with Crippen LogP contribution in [0, 0.1) is 0 Å². The van der Waals surface area contributed by atoms with E-state index in [1.807, 2.05) is 6.07 Å². The zero-order chi connectivity index (χ0) is 25.9. The van der Waals surface area contributed by atoms with E-state index in [0.717, 1.165) is 35.8 Å². The van der Waals surface area contributed by atoms with Crippen LogP contribution in [0.25, 0.3) is 10.2 Å². The molecule has 2 aromatic heterocycles. The van der Waals surface area contributed by atoms with Gasteiger partial charge in [0.2, 0.25) is 18.6 Å². The van der Waals surface area contributed by atoms with E-state index in [1.165, 1.54) is 22.3 Å². The number of likely N-dealkylation sites (N-methyl/N-ethyl adjacent to an activating group) is 1. The van der Waals surface area contributed by atoms with Crippen LogP contribution in [0.4, 0.5) is 0 Å². The van der Waals surface area contributed by atoms with Crippen LogP contribution in [0.1, 0.15) is 44.1 Å². The molecule has 1 aromatic carbocycles. The van der Waals surface area contributed by atoms with Crippen LogP contribution in [0.3, 0.4) is 0 Å². The lowest BCUT2D eigenvalue weighted by Gasteiger charge is -2.31. The fourth-order valence-electron chi connectivity index (χ4n) is 4.96. The van der Waals surface area contributed by atoms with E-state index in [1.54, 1.807) is 35.5 Å². The summed E-state index contributed by atoms with van der Waals surface area (Å²) in [6.07, 6.45) is 5.25. The Labute approximate surface area is 217 Å². The van der Waals surface area contributed by atoms with Crippen molar-refractivity contribution in [3.05, 3.63) is 56.0 Å². The maximum atomic E-state index is 13.3. The second-order valence-corrected chi connectivity index (χ2v) is 10.4. The van der Waals surface area contributed by atoms with E-state index in [0.29, 0.717) is 21.7 Å². The zero-order valence-corrected chi connectivity index (χ0v) is 21.6. The number of hydrogen-bond acceptors (Lipinski definition) is 7. The molecular weight excluding hydrogens is 496 g/mol. The lowest BCUT2D eigenvalue weighted by molar-refractivity contribution is -0.133. The van der Waals surface area contributed by atoms with Crippen LogP contribution in [-0.4, -0.2) is 45.7 Å². The molecule has 0 saturated heterocycles. The summed E-state index contributed by atoms with van der Waals surface area (Å²) in [7, 11) is 1.79. The minimum Gasteiger partial charge on any atom is -0.454 e. The molecule has 3 heterocycles. The number of nitrogens with one attached hydrogen (secondary N) is 1. The van der Waals surface area contributed by atoms with E-state index < -0.39 is 11.2 Å². The van der Waals surface area contributed by atoms with Crippen molar-refractivity contribution in [3.63, 3.8) is 0 Å². The first-order valence-electron chi connectivity index (χ1n) is 12.5. The Balaban J connectivity index is 1.28. The number of carbonyl (C=O) groups is 2. The van der Waals surface area contributed by atoms with Gasteiger partial charge in [-0.2, -0.15) is 0 Å². The van der Waals surface area contributed by atoms with E-state index in [4.69, 9.17) is 9.47 Å². The molecule has 1 saturated carbocycles. The van der Waals surface area contributed by atoms with Gasteiger partial charge in [0.15, 0.2) is 11.5 Å². The van der Waals surface area contributed by atoms with Crippen molar-refractivity contribution in [2.24, 2.45) is 0 Å². The largest absolute Gasteiger partial charge is 0.454 e. The van der Waals surface area contributed by atoms with E-state index >= 15 is 0 Å². The molecule has 0 unspecified atom stereocenters. The topological polar surface area (TPSA) is 112 Å². The van der Waals surface area contributed by atoms with E-state index in [2.05, 4.69) is 5.32 Å². The van der Waals surface area contributed by atoms with Gasteiger partial charge in [0.05, 0.1) is 5.52 Å². The number of ether oxygens (including phenoxy) is 2. The first-order chi connectivity index (χ1) is 17.9. The van der Waals surface area contributed by atoms with Crippen LogP contribution in [0.2, 0.25) is 0 Å². The fraction of sp³-hybridized carbons (Fsp3) is 0.462. The summed E-state index contributed by atoms with van der Waals surface area (Å²) in [5, 5.41) is 4.55. The molecule has 0 atom stereocenters. The second-order valence-electron chi connectivity index (χ2n) is 9.47. The molecule has 11 heteroatoms. The number of benzene rings is 1. The number of amides is 2. The Kier molecular flexibility index (Phi) is 7.31. The van der Waals surface area contributed by atoms with Crippen molar-refractivity contribution in [1.82, 2.24) is 19.4 Å². The maximum absolute atomic E-state index is 13.3. The minimum absolute atomic E-state index is 0.0491. The second kappa shape index (κ2) is 10.8. The molecule has 0 radical (unpaired) electrons. The molecule has 3 aromatic rings. The number of hydrogen-bond donors (Lipinski definition) is 1. The van der Waals surface area contributed by atoms with Gasteiger partial charge in [0, 0.05) is 32.6 Å². The van der Waals surface area contributed by atoms with Gasteiger partial charge in [0.1, 0.15) is 11.2 Å². The zero-order valence-electron chi connectivity index (χ0n) is 20.7. The number of aromatic nitrogens is 2. The molecule has 1 fully saturated rings. The predicted octanol–water partition coefficient (Wildman–Crippen LogP) is 2.45. The average molecular weight is 527 g/mol. The smallest absolute Gasteiger partial charge is 0.332 e. The van der Waals surface area contributed by atoms with Crippen molar-refractivity contribution in [2.75, 3.05) is 13.8 Å². The first kappa shape index (κ1) is 25.1. The molecular formula is C26H30N4O6S. The van der Waals surface area contributed by atoms with Gasteiger partial charge in [0.25, 0.3) is 5.56 Å². The Morgan fingerprint density at radius 1 is 1.08 bits per heavy atom. The van der Waals surface area contributed by atoms with Crippen LogP contribution in [0.15, 0.2) is 39.2 Å². The van der Waals surface area contributed by atoms with Crippen molar-refractivity contribution in [2.45, 2.75) is 64.2 Å². The third kappa shape index (κ3) is 5.27. The maximum Gasteiger partial charge on any atom is 0.332 e. The monoisotopic (exact) mass is 526 g/mol. The molecule has 2 aliphatic rings. The van der Waals surface area contributed by atoms with Gasteiger partial charge >= 0.3 is 5.69 Å². The molecule has 5 rings (SSSR count). The van der Waals surface area contributed by atoms with Gasteiger partial charge in [-0.1, -0.05) is 25.3 Å². The number of rotatable bonds is 8. The molecule has 37 heavy (non-hydrogen) atoms. The molecule has 1 aliphatic heterocycles. The molecule has 196 valence electrons. The highest BCUT2D eigenvalue weighted by Gasteiger charge is 2.24. The van der Waals surface area contributed by atoms with Crippen molar-refractivity contribution >= 4 is 33.4 Å². The van der Waals surface area contributed by atoms with E-state index in [-0.39, 0.29) is 50.7 Å². The van der Waals surface area contributed by atoms with Crippen LogP contribution in [-0.2, 0) is 29.2 Å². The van der Waals surface area contributed by atoms with Crippen LogP contribution in [0.5, 0.6) is 11.5 Å². The van der Waals surface area contributed by atoms with Gasteiger partial charge in [-0.05, 0) is 42.0 Å². The summed E-state index contributed by atoms with van der Waals surface area (Å²) in [5.74, 6) is 0.841. The van der Waals surface area contributed by atoms with E-state index in [9.17, 15) is 19.2 Å². The summed E-state index contributed by atoms with van der Waals surface area (Å²) in [4.78, 5) is 53.7. The Bertz CT molecular complexity index is 1440. The third-order valence-electron chi connectivity index (χ3n) is 7.13. The van der Waals surface area contributed by atoms with Crippen LogP contribution >= 0.6 is 11.3 Å². The molecule has 1 N–H and O–H groups in total. The van der Waals surface area contributed by atoms with Gasteiger partial charge < -0.3 is 19.7 Å². The predicted molar refractivity (Wildman–Crippen MR) is 139 cm³/mol. The first-order valence-corrected chi connectivity index (χ1v) is 13.4. The lowest BCUT2D eigenvalue weighted by atomic mass is 9.94. The Morgan fingerprint density at radius 3 is 2.68 bits per heavy atom. The molecule has 10 nitrogen and oxygen atoms in total. The number of fused-ring (bicyclic) bond motifs is 2. The summed E-state index contributed by atoms with van der Waals surface area (Å²) < 4.78 is 13.5. The highest BCUT2D eigenvalue weighted by Crippen LogP contribution is 2.32. The Morgan fingerprint density at radius 2 is 1.86 bits per heavy atom. The van der Waals surface area contributed by atoms with Gasteiger partial charge in [-0.25, -0.2) is 4.79 Å². The number of carbonyl (C=O) groups excluding carboxylic acids is 2. The normalized spacial score (nSPS) is 15.2. The summed E-state index contributed by atoms with van der Waals surface area (Å²) in [6.45, 7) is 0.232. The van der Waals surface area contributed by atoms with Crippen molar-refractivity contribution in [1.29, 1.82) is 0 Å². The van der Waals surface area contributed by atoms with Gasteiger partial charge in [-0.15, -0.1) is 11.3 Å². The highest BCUT2D eigenvalue weighted by atomic mass is 32.1. The standard InChI is InChI=1S/C26H30N4O6S/c1-28(18-5-3-2-4-6-18)23(32)15-30-19-10-12-37-24(19)25(33)29(26(30)34)11-9-22(31)27-14-17-7-8-20-21(13-17)36-16-35-20/h7-8,10,12-13,18H,2-6,9,11,14-16H2,1H3,(H,27,31). The SMILES string of the molecule is CN(C(=O)Cn1c(=O)n(CCC(=O)NCc2ccc3c(c2)OCO3)c(=O)c2sccc21)C1CCCCC1. The molecule has 0 spiro atoms. The average Bonchev–Trinajstić information content (AvgIpc) is 3.59. The fourth-order valence-corrected chi connectivity index (χ4v) is 5.80. The summed E-state index contributed by atoms with van der Waals surface area (Å²) in [6, 6.07) is 7.30. The quantitative estimate of drug-likeness (QED) is 0.483. The Hall–Kier alpha value is -3.60. The molecule has 1 aliphatic carbocycles. The number of thiophene rings is 1. The van der Waals surface area contributed by atoms with Gasteiger partial charge in [-0.3, -0.25) is 23.5 Å². The molecule has 2 amide bonds. The van der Waals surface area contributed by atoms with Crippen molar-refractivity contribution in [3.8, 4) is 11.5 Å². The van der Waals surface area contributed by atoms with Crippen molar-refractivity contribution < 1.29 is 19.1 Å². The van der Waals surface area contributed by atoms with Crippen LogP contribution < -0.4 is 26.0 Å². The summed E-state index contributed by atoms with van der Waals surface area (Å²) >= 11 is 1.23. The lowest BCUT2D eigenvalue weighted by Crippen LogP contribution is -2.45. The highest BCUT2D eigenvalue weighted by molar-refractivity contribution is 7.17. The minimum atomic E-state index is -0.579. The molecule has 0 bridgehead atoms.